The molecule has 13 nitrogen and oxygen atoms in total. The number of carbonyl (C=O) groups is 4. The summed E-state index contributed by atoms with van der Waals surface area (Å²) in [4.78, 5) is 71.5. The van der Waals surface area contributed by atoms with Crippen molar-refractivity contribution in [3.63, 3.8) is 0 Å². The highest BCUT2D eigenvalue weighted by molar-refractivity contribution is 6.35. The molecule has 0 aromatic heterocycles. The number of carbonyl (C=O) groups excluding carboxylic acids is 4. The normalized spacial score (nSPS) is 21.1. The highest BCUT2D eigenvalue weighted by Crippen LogP contribution is 2.44. The maximum Gasteiger partial charge on any atom is 0.262 e. The SMILES string of the molecule is O=C1c2cc(-c3ccc(CN4CCOCC4)cc3)c3c4c(cc(CCCN5CCCC5)c(c24)C(=O)N1CCCN1CCOCC1)C(=O)N(CCCN1CCOCC1)C3=O. The number of benzene rings is 3. The van der Waals surface area contributed by atoms with Gasteiger partial charge < -0.3 is 19.1 Å². The number of nitrogens with zero attached hydrogens (tertiary/aromatic N) is 6. The standard InChI is InChI=1S/C46H58N6O7/c53-43-37-30-35(6-3-13-47-11-1-2-12-47)39-40-38(44(54)51(45(39)55)16-4-14-48-18-24-57-25-19-48)31-36(34-9-7-33(8-10-34)32-50-22-28-59-29-23-50)42(41(37)40)46(56)52(43)17-5-15-49-20-26-58-27-21-49/h7-10,30-31H,1-6,11-29,32H2. The lowest BCUT2D eigenvalue weighted by Gasteiger charge is -2.35. The van der Waals surface area contributed by atoms with E-state index in [2.05, 4.69) is 31.7 Å². The third-order valence-corrected chi connectivity index (χ3v) is 13.2. The van der Waals surface area contributed by atoms with Crippen LogP contribution < -0.4 is 0 Å². The molecule has 0 radical (unpaired) electrons. The van der Waals surface area contributed by atoms with E-state index in [9.17, 15) is 19.2 Å². The number of hydrogen-bond donors (Lipinski definition) is 0. The van der Waals surface area contributed by atoms with Crippen LogP contribution in [-0.4, -0.2) is 178 Å². The molecule has 0 N–H and O–H groups in total. The smallest absolute Gasteiger partial charge is 0.262 e. The van der Waals surface area contributed by atoms with Crippen LogP contribution in [0.1, 0.15) is 84.7 Å². The molecule has 6 heterocycles. The molecule has 0 saturated carbocycles. The molecule has 4 saturated heterocycles. The van der Waals surface area contributed by atoms with Gasteiger partial charge in [0.15, 0.2) is 0 Å². The number of likely N-dealkylation sites (tertiary alicyclic amines) is 1. The first-order valence-electron chi connectivity index (χ1n) is 22.1. The third kappa shape index (κ3) is 8.48. The van der Waals surface area contributed by atoms with Crippen LogP contribution in [0.25, 0.3) is 21.9 Å². The van der Waals surface area contributed by atoms with Crippen molar-refractivity contribution >= 4 is 34.4 Å². The second-order valence-corrected chi connectivity index (χ2v) is 16.9. The lowest BCUT2D eigenvalue weighted by Crippen LogP contribution is -2.46. The zero-order valence-corrected chi connectivity index (χ0v) is 34.4. The van der Waals surface area contributed by atoms with Crippen molar-refractivity contribution in [1.29, 1.82) is 0 Å². The number of rotatable bonds is 15. The second kappa shape index (κ2) is 18.3. The minimum Gasteiger partial charge on any atom is -0.379 e. The van der Waals surface area contributed by atoms with Gasteiger partial charge in [-0.2, -0.15) is 0 Å². The topological polar surface area (TPSA) is 115 Å². The van der Waals surface area contributed by atoms with Crippen LogP contribution in [0, 0.1) is 0 Å². The summed E-state index contributed by atoms with van der Waals surface area (Å²) in [5, 5.41) is 0.915. The van der Waals surface area contributed by atoms with Crippen molar-refractivity contribution in [2.45, 2.75) is 45.1 Å². The van der Waals surface area contributed by atoms with Gasteiger partial charge in [0.25, 0.3) is 23.6 Å². The van der Waals surface area contributed by atoms with Crippen molar-refractivity contribution in [1.82, 2.24) is 29.4 Å². The molecule has 0 bridgehead atoms. The molecule has 4 fully saturated rings. The quantitative estimate of drug-likeness (QED) is 0.208. The zero-order chi connectivity index (χ0) is 40.3. The molecular formula is C46H58N6O7. The molecule has 314 valence electrons. The molecule has 59 heavy (non-hydrogen) atoms. The molecule has 0 atom stereocenters. The summed E-state index contributed by atoms with van der Waals surface area (Å²) in [5.41, 5.74) is 5.02. The Bertz CT molecular complexity index is 2050. The second-order valence-electron chi connectivity index (χ2n) is 16.9. The van der Waals surface area contributed by atoms with Gasteiger partial charge in [0.05, 0.1) is 50.8 Å². The summed E-state index contributed by atoms with van der Waals surface area (Å²) < 4.78 is 16.6. The van der Waals surface area contributed by atoms with Gasteiger partial charge in [-0.05, 0) is 92.5 Å². The van der Waals surface area contributed by atoms with Crippen molar-refractivity contribution < 1.29 is 33.4 Å². The number of imide groups is 2. The van der Waals surface area contributed by atoms with Gasteiger partial charge in [-0.1, -0.05) is 24.3 Å². The molecule has 4 amide bonds. The molecule has 9 rings (SSSR count). The summed E-state index contributed by atoms with van der Waals surface area (Å²) in [5.74, 6) is -1.42. The largest absolute Gasteiger partial charge is 0.379 e. The molecule has 0 spiro atoms. The summed E-state index contributed by atoms with van der Waals surface area (Å²) in [6, 6.07) is 12.0. The van der Waals surface area contributed by atoms with E-state index >= 15 is 0 Å². The van der Waals surface area contributed by atoms with E-state index in [4.69, 9.17) is 14.2 Å². The summed E-state index contributed by atoms with van der Waals surface area (Å²) >= 11 is 0. The van der Waals surface area contributed by atoms with E-state index in [-0.39, 0.29) is 36.7 Å². The zero-order valence-electron chi connectivity index (χ0n) is 34.4. The Morgan fingerprint density at radius 1 is 0.458 bits per heavy atom. The average molecular weight is 807 g/mol. The van der Waals surface area contributed by atoms with Crippen molar-refractivity contribution in [2.75, 3.05) is 125 Å². The van der Waals surface area contributed by atoms with E-state index in [0.29, 0.717) is 84.3 Å². The molecule has 0 unspecified atom stereocenters. The molecule has 13 heteroatoms. The van der Waals surface area contributed by atoms with Gasteiger partial charge in [0.2, 0.25) is 0 Å². The van der Waals surface area contributed by atoms with Crippen LogP contribution in [0.3, 0.4) is 0 Å². The fourth-order valence-electron chi connectivity index (χ4n) is 9.93. The predicted molar refractivity (Wildman–Crippen MR) is 224 cm³/mol. The van der Waals surface area contributed by atoms with E-state index in [1.54, 1.807) is 0 Å². The lowest BCUT2D eigenvalue weighted by atomic mass is 9.79. The average Bonchev–Trinajstić information content (AvgIpc) is 3.79. The Kier molecular flexibility index (Phi) is 12.5. The summed E-state index contributed by atoms with van der Waals surface area (Å²) in [6.07, 6.45) is 5.08. The van der Waals surface area contributed by atoms with E-state index in [0.717, 1.165) is 115 Å². The maximum absolute atomic E-state index is 14.9. The number of hydrogen-bond acceptors (Lipinski definition) is 11. The highest BCUT2D eigenvalue weighted by Gasteiger charge is 2.42. The Balaban J connectivity index is 1.12. The number of ether oxygens (including phenoxy) is 3. The highest BCUT2D eigenvalue weighted by atomic mass is 16.5. The Labute approximate surface area is 347 Å². The maximum atomic E-state index is 14.9. The Morgan fingerprint density at radius 2 is 0.932 bits per heavy atom. The number of amides is 4. The lowest BCUT2D eigenvalue weighted by molar-refractivity contribution is 0.0342. The summed E-state index contributed by atoms with van der Waals surface area (Å²) in [6.45, 7) is 15.1. The van der Waals surface area contributed by atoms with E-state index in [1.807, 2.05) is 24.3 Å². The number of aryl methyl sites for hydroxylation is 1. The third-order valence-electron chi connectivity index (χ3n) is 13.2. The first-order valence-corrected chi connectivity index (χ1v) is 22.1. The van der Waals surface area contributed by atoms with Gasteiger partial charge in [-0.3, -0.25) is 43.7 Å². The number of morpholine rings is 3. The molecule has 6 aliphatic rings. The van der Waals surface area contributed by atoms with Crippen molar-refractivity contribution in [3.8, 4) is 11.1 Å². The van der Waals surface area contributed by atoms with Crippen molar-refractivity contribution in [3.05, 3.63) is 69.8 Å². The first-order chi connectivity index (χ1) is 28.9. The molecule has 3 aromatic rings. The fourth-order valence-corrected chi connectivity index (χ4v) is 9.93. The van der Waals surface area contributed by atoms with Crippen LogP contribution in [-0.2, 0) is 27.2 Å². The first kappa shape index (κ1) is 40.3. The predicted octanol–water partition coefficient (Wildman–Crippen LogP) is 4.00. The van der Waals surface area contributed by atoms with Gasteiger partial charge in [-0.15, -0.1) is 0 Å². The Morgan fingerprint density at radius 3 is 1.51 bits per heavy atom. The van der Waals surface area contributed by atoms with E-state index in [1.165, 1.54) is 22.6 Å². The fraction of sp³-hybridized carbons (Fsp3) is 0.565. The van der Waals surface area contributed by atoms with Crippen LogP contribution in [0.2, 0.25) is 0 Å². The molecule has 3 aromatic carbocycles. The van der Waals surface area contributed by atoms with Gasteiger partial charge in [-0.25, -0.2) is 0 Å². The van der Waals surface area contributed by atoms with Crippen LogP contribution in [0.5, 0.6) is 0 Å². The van der Waals surface area contributed by atoms with Crippen LogP contribution in [0.4, 0.5) is 0 Å². The minimum atomic E-state index is -0.371. The minimum absolute atomic E-state index is 0.274. The molecular weight excluding hydrogens is 749 g/mol. The molecule has 6 aliphatic heterocycles. The van der Waals surface area contributed by atoms with Gasteiger partial charge in [0, 0.05) is 93.9 Å². The monoisotopic (exact) mass is 806 g/mol. The van der Waals surface area contributed by atoms with Gasteiger partial charge >= 0.3 is 0 Å². The van der Waals surface area contributed by atoms with Crippen LogP contribution >= 0.6 is 0 Å². The van der Waals surface area contributed by atoms with Gasteiger partial charge in [0.1, 0.15) is 0 Å². The van der Waals surface area contributed by atoms with Crippen molar-refractivity contribution in [2.24, 2.45) is 0 Å². The van der Waals surface area contributed by atoms with Crippen LogP contribution in [0.15, 0.2) is 36.4 Å². The molecule has 0 aliphatic carbocycles. The van der Waals surface area contributed by atoms with E-state index < -0.39 is 0 Å². The Hall–Kier alpha value is -4.08. The summed E-state index contributed by atoms with van der Waals surface area (Å²) in [7, 11) is 0.